The highest BCUT2D eigenvalue weighted by molar-refractivity contribution is 6.22. The number of nitrogens with two attached hydrogens (primary N) is 1. The van der Waals surface area contributed by atoms with Crippen LogP contribution >= 0.6 is 0 Å². The molecule has 4 aromatic carbocycles. The Morgan fingerprint density at radius 2 is 1.08 bits per heavy atom. The minimum absolute atomic E-state index is 0. The number of fused-ring (bicyclic) bond motifs is 3. The van der Waals surface area contributed by atoms with Crippen LogP contribution in [0, 0.1) is 28.1 Å². The number of rotatable bonds is 0. The van der Waals surface area contributed by atoms with Gasteiger partial charge < -0.3 is 11.9 Å². The van der Waals surface area contributed by atoms with Gasteiger partial charge in [-0.2, -0.15) is 10.5 Å². The van der Waals surface area contributed by atoms with E-state index >= 15 is 0 Å². The molecule has 4 aromatic rings. The molecule has 0 unspecified atom stereocenters. The average molecular weight is 503 g/mol. The van der Waals surface area contributed by atoms with Gasteiger partial charge in [-0.25, -0.2) is 4.99 Å². The molecule has 192 valence electrons. The summed E-state index contributed by atoms with van der Waals surface area (Å²) >= 11 is 0. The standard InChI is InChI=1S/C16H17N3.C16H14N2.H3N/c1-16(2,3)11-5-4-9-7-12-13(8-10(9)6-11)15(18)19-14(12)17;1-16(2,3)15-5-4-11-6-13(9-17)14(10-18)7-12(11)8-15;/h4-8H,1-3H3,(H3,17,18,19);4-8H,1-3H3;1H3. The summed E-state index contributed by atoms with van der Waals surface area (Å²) in [5.74, 6) is 0.706. The quantitative estimate of drug-likeness (QED) is 0.233. The molecule has 0 spiro atoms. The molecule has 0 atom stereocenters. The van der Waals surface area contributed by atoms with Gasteiger partial charge in [0.15, 0.2) is 5.84 Å². The Labute approximate surface area is 224 Å². The Kier molecular flexibility index (Phi) is 7.45. The van der Waals surface area contributed by atoms with Crippen molar-refractivity contribution in [1.29, 1.82) is 15.9 Å². The van der Waals surface area contributed by atoms with Gasteiger partial charge in [-0.3, -0.25) is 5.41 Å². The minimum atomic E-state index is 0. The third-order valence-corrected chi connectivity index (χ3v) is 6.69. The number of nitrogens with one attached hydrogen (secondary N) is 1. The molecule has 1 heterocycles. The first-order valence-corrected chi connectivity index (χ1v) is 12.2. The Bertz CT molecular complexity index is 1680. The first-order chi connectivity index (χ1) is 17.3. The molecule has 5 rings (SSSR count). The zero-order valence-electron chi connectivity index (χ0n) is 22.9. The smallest absolute Gasteiger partial charge is 0.154 e. The second-order valence-corrected chi connectivity index (χ2v) is 11.5. The maximum Gasteiger partial charge on any atom is 0.154 e. The Hall–Kier alpha value is -4.52. The van der Waals surface area contributed by atoms with Gasteiger partial charge in [0.2, 0.25) is 0 Å². The van der Waals surface area contributed by atoms with Crippen LogP contribution in [0.1, 0.15) is 74.9 Å². The number of nitrogens with zero attached hydrogens (tertiary/aromatic N) is 3. The monoisotopic (exact) mass is 502 g/mol. The lowest BCUT2D eigenvalue weighted by Crippen LogP contribution is -2.11. The van der Waals surface area contributed by atoms with E-state index < -0.39 is 0 Å². The lowest BCUT2D eigenvalue weighted by Gasteiger charge is -2.19. The van der Waals surface area contributed by atoms with Crippen LogP contribution in [0.2, 0.25) is 0 Å². The van der Waals surface area contributed by atoms with Crippen molar-refractivity contribution in [3.63, 3.8) is 0 Å². The first-order valence-electron chi connectivity index (χ1n) is 12.2. The molecule has 0 radical (unpaired) electrons. The summed E-state index contributed by atoms with van der Waals surface area (Å²) in [6.07, 6.45) is 0. The van der Waals surface area contributed by atoms with Crippen molar-refractivity contribution < 1.29 is 0 Å². The summed E-state index contributed by atoms with van der Waals surface area (Å²) in [6, 6.07) is 24.4. The largest absolute Gasteiger partial charge is 0.383 e. The second-order valence-electron chi connectivity index (χ2n) is 11.5. The molecule has 6 nitrogen and oxygen atoms in total. The SMILES string of the molecule is CC(C)(C)c1ccc2cc(C#N)c(C#N)cc2c1.CC(C)(C)c1ccc2cc3c(cc2c1)C(=N)N=C3N.N. The number of aliphatic imine (C=N–C) groups is 1. The van der Waals surface area contributed by atoms with Gasteiger partial charge in [-0.15, -0.1) is 0 Å². The summed E-state index contributed by atoms with van der Waals surface area (Å²) in [5, 5.41) is 30.2. The molecular weight excluding hydrogens is 468 g/mol. The van der Waals surface area contributed by atoms with Gasteiger partial charge >= 0.3 is 0 Å². The van der Waals surface area contributed by atoms with Crippen LogP contribution in [-0.2, 0) is 10.8 Å². The lowest BCUT2D eigenvalue weighted by molar-refractivity contribution is 0.591. The van der Waals surface area contributed by atoms with E-state index in [1.165, 1.54) is 11.1 Å². The van der Waals surface area contributed by atoms with Crippen molar-refractivity contribution in [2.75, 3.05) is 0 Å². The number of amidine groups is 2. The third kappa shape index (κ3) is 5.42. The van der Waals surface area contributed by atoms with Gasteiger partial charge in [-0.05, 0) is 67.8 Å². The molecule has 38 heavy (non-hydrogen) atoms. The molecule has 6 heteroatoms. The zero-order chi connectivity index (χ0) is 27.1. The summed E-state index contributed by atoms with van der Waals surface area (Å²) in [6.45, 7) is 13.1. The highest BCUT2D eigenvalue weighted by Gasteiger charge is 2.20. The van der Waals surface area contributed by atoms with Crippen LogP contribution in [0.4, 0.5) is 0 Å². The van der Waals surface area contributed by atoms with E-state index in [-0.39, 0.29) is 22.8 Å². The molecule has 0 amide bonds. The number of hydrogen-bond donors (Lipinski definition) is 3. The molecule has 0 aromatic heterocycles. The predicted molar refractivity (Wildman–Crippen MR) is 157 cm³/mol. The van der Waals surface area contributed by atoms with E-state index in [4.69, 9.17) is 21.7 Å². The lowest BCUT2D eigenvalue weighted by atomic mass is 9.85. The van der Waals surface area contributed by atoms with Crippen molar-refractivity contribution in [1.82, 2.24) is 6.15 Å². The molecule has 0 aliphatic carbocycles. The molecule has 1 aliphatic heterocycles. The average Bonchev–Trinajstić information content (AvgIpc) is 3.12. The molecule has 1 aliphatic rings. The van der Waals surface area contributed by atoms with Gasteiger partial charge in [0.25, 0.3) is 0 Å². The number of hydrogen-bond acceptors (Lipinski definition) is 5. The maximum atomic E-state index is 9.04. The van der Waals surface area contributed by atoms with E-state index in [1.807, 2.05) is 18.2 Å². The first kappa shape index (κ1) is 28.1. The summed E-state index contributed by atoms with van der Waals surface area (Å²) in [7, 11) is 0. The Morgan fingerprint density at radius 3 is 1.55 bits per heavy atom. The summed E-state index contributed by atoms with van der Waals surface area (Å²) in [4.78, 5) is 4.03. The Morgan fingerprint density at radius 1 is 0.658 bits per heavy atom. The molecule has 0 saturated carbocycles. The van der Waals surface area contributed by atoms with Crippen molar-refractivity contribution in [3.8, 4) is 12.1 Å². The minimum Gasteiger partial charge on any atom is -0.383 e. The Balaban J connectivity index is 0.000000206. The van der Waals surface area contributed by atoms with Crippen LogP contribution in [-0.4, -0.2) is 11.7 Å². The zero-order valence-corrected chi connectivity index (χ0v) is 22.9. The fourth-order valence-electron chi connectivity index (χ4n) is 4.36. The molecular formula is C32H34N6. The van der Waals surface area contributed by atoms with E-state index in [0.717, 1.165) is 32.7 Å². The third-order valence-electron chi connectivity index (χ3n) is 6.69. The molecule has 0 fully saturated rings. The van der Waals surface area contributed by atoms with E-state index in [1.54, 1.807) is 12.1 Å². The van der Waals surface area contributed by atoms with Crippen molar-refractivity contribution in [2.24, 2.45) is 10.7 Å². The van der Waals surface area contributed by atoms with Crippen LogP contribution < -0.4 is 11.9 Å². The van der Waals surface area contributed by atoms with Crippen molar-refractivity contribution >= 4 is 33.2 Å². The predicted octanol–water partition coefficient (Wildman–Crippen LogP) is 7.22. The van der Waals surface area contributed by atoms with Crippen LogP contribution in [0.15, 0.2) is 65.7 Å². The fraction of sp³-hybridized carbons (Fsp3) is 0.250. The number of nitriles is 2. The van der Waals surface area contributed by atoms with E-state index in [0.29, 0.717) is 17.0 Å². The highest BCUT2D eigenvalue weighted by Crippen LogP contribution is 2.30. The highest BCUT2D eigenvalue weighted by atomic mass is 14.9. The van der Waals surface area contributed by atoms with Gasteiger partial charge in [0, 0.05) is 11.1 Å². The van der Waals surface area contributed by atoms with Crippen molar-refractivity contribution in [3.05, 3.63) is 94.0 Å². The summed E-state index contributed by atoms with van der Waals surface area (Å²) in [5.41, 5.74) is 11.1. The van der Waals surface area contributed by atoms with Crippen LogP contribution in [0.25, 0.3) is 21.5 Å². The summed E-state index contributed by atoms with van der Waals surface area (Å²) < 4.78 is 0. The van der Waals surface area contributed by atoms with Crippen LogP contribution in [0.3, 0.4) is 0 Å². The fourth-order valence-corrected chi connectivity index (χ4v) is 4.36. The number of benzene rings is 4. The van der Waals surface area contributed by atoms with Crippen LogP contribution in [0.5, 0.6) is 0 Å². The van der Waals surface area contributed by atoms with Crippen molar-refractivity contribution in [2.45, 2.75) is 52.4 Å². The molecule has 0 bridgehead atoms. The topological polar surface area (TPSA) is 145 Å². The van der Waals surface area contributed by atoms with Gasteiger partial charge in [-0.1, -0.05) is 77.9 Å². The second kappa shape index (κ2) is 10.1. The van der Waals surface area contributed by atoms with Gasteiger partial charge in [0.05, 0.1) is 11.1 Å². The normalized spacial score (nSPS) is 12.5. The van der Waals surface area contributed by atoms with Gasteiger partial charge in [0.1, 0.15) is 18.0 Å². The van der Waals surface area contributed by atoms with E-state index in [2.05, 4.69) is 89.0 Å². The van der Waals surface area contributed by atoms with E-state index in [9.17, 15) is 0 Å². The molecule has 6 N–H and O–H groups in total. The maximum absolute atomic E-state index is 9.04. The molecule has 0 saturated heterocycles.